The van der Waals surface area contributed by atoms with Crippen molar-refractivity contribution in [1.82, 2.24) is 25.4 Å². The van der Waals surface area contributed by atoms with Gasteiger partial charge in [0.1, 0.15) is 24.5 Å². The maximum absolute atomic E-state index is 8.71. The molecule has 0 fully saturated rings. The molecule has 0 amide bonds. The molecule has 3 N–H and O–H groups in total. The summed E-state index contributed by atoms with van der Waals surface area (Å²) in [5.74, 6) is 2.43. The van der Waals surface area contributed by atoms with E-state index in [0.29, 0.717) is 38.8 Å². The number of aliphatic hydroxyl groups is 1. The molecule has 0 spiro atoms. The van der Waals surface area contributed by atoms with Crippen molar-refractivity contribution in [3.05, 3.63) is 36.3 Å². The second-order valence-electron chi connectivity index (χ2n) is 5.23. The van der Waals surface area contributed by atoms with E-state index in [0.717, 1.165) is 24.6 Å². The Bertz CT molecular complexity index is 611. The fourth-order valence-electron chi connectivity index (χ4n) is 2.18. The van der Waals surface area contributed by atoms with Crippen LogP contribution < -0.4 is 10.6 Å². The quantitative estimate of drug-likeness (QED) is 0.301. The molecule has 0 bridgehead atoms. The molecule has 2 aromatic rings. The molecular formula is C16H26N6O3. The number of guanidine groups is 1. The molecule has 9 heteroatoms. The molecule has 9 nitrogen and oxygen atoms in total. The van der Waals surface area contributed by atoms with Gasteiger partial charge in [-0.2, -0.15) is 0 Å². The zero-order valence-electron chi connectivity index (χ0n) is 14.5. The van der Waals surface area contributed by atoms with Crippen molar-refractivity contribution in [2.75, 3.05) is 32.9 Å². The molecule has 0 saturated heterocycles. The number of hydrogen-bond donors (Lipinski definition) is 3. The van der Waals surface area contributed by atoms with E-state index in [9.17, 15) is 0 Å². The highest BCUT2D eigenvalue weighted by Gasteiger charge is 2.03. The number of nitrogens with one attached hydrogen (secondary N) is 2. The lowest BCUT2D eigenvalue weighted by Crippen LogP contribution is -2.40. The lowest BCUT2D eigenvalue weighted by molar-refractivity contribution is 0.0957. The number of aromatic nitrogens is 3. The van der Waals surface area contributed by atoms with Crippen LogP contribution in [0.3, 0.4) is 0 Å². The Morgan fingerprint density at radius 3 is 3.00 bits per heavy atom. The van der Waals surface area contributed by atoms with Crippen molar-refractivity contribution in [2.24, 2.45) is 4.99 Å². The summed E-state index contributed by atoms with van der Waals surface area (Å²) < 4.78 is 12.6. The van der Waals surface area contributed by atoms with Gasteiger partial charge in [-0.25, -0.2) is 4.99 Å². The number of aryl methyl sites for hydroxylation is 1. The van der Waals surface area contributed by atoms with Crippen LogP contribution in [0.25, 0.3) is 0 Å². The van der Waals surface area contributed by atoms with Crippen LogP contribution in [0.1, 0.15) is 18.5 Å². The largest absolute Gasteiger partial charge is 0.467 e. The van der Waals surface area contributed by atoms with E-state index in [1.54, 1.807) is 12.6 Å². The third-order valence-electron chi connectivity index (χ3n) is 3.40. The Balaban J connectivity index is 1.81. The average molecular weight is 350 g/mol. The number of nitrogens with zero attached hydrogens (tertiary/aromatic N) is 4. The minimum absolute atomic E-state index is 0.0242. The second-order valence-corrected chi connectivity index (χ2v) is 5.23. The van der Waals surface area contributed by atoms with E-state index in [1.165, 1.54) is 0 Å². The van der Waals surface area contributed by atoms with Gasteiger partial charge in [-0.1, -0.05) is 6.92 Å². The SMILES string of the molecule is CCc1nncn1CCNC(=NCc1ccco1)NCCOCCO. The van der Waals surface area contributed by atoms with Crippen LogP contribution in [0.4, 0.5) is 0 Å². The lowest BCUT2D eigenvalue weighted by Gasteiger charge is -2.13. The predicted molar refractivity (Wildman–Crippen MR) is 93.2 cm³/mol. The van der Waals surface area contributed by atoms with E-state index >= 15 is 0 Å². The van der Waals surface area contributed by atoms with Crippen molar-refractivity contribution < 1.29 is 14.3 Å². The van der Waals surface area contributed by atoms with Crippen molar-refractivity contribution in [3.8, 4) is 0 Å². The lowest BCUT2D eigenvalue weighted by atomic mass is 10.4. The molecule has 0 unspecified atom stereocenters. The van der Waals surface area contributed by atoms with Gasteiger partial charge in [0.25, 0.3) is 0 Å². The van der Waals surface area contributed by atoms with E-state index in [-0.39, 0.29) is 6.61 Å². The Kier molecular flexibility index (Phi) is 8.50. The van der Waals surface area contributed by atoms with Crippen LogP contribution in [0, 0.1) is 0 Å². The summed E-state index contributed by atoms with van der Waals surface area (Å²) in [5, 5.41) is 23.2. The van der Waals surface area contributed by atoms with Crippen LogP contribution in [0.5, 0.6) is 0 Å². The number of ether oxygens (including phenoxy) is 1. The molecular weight excluding hydrogens is 324 g/mol. The molecule has 2 rings (SSSR count). The van der Waals surface area contributed by atoms with Gasteiger partial charge in [-0.05, 0) is 12.1 Å². The van der Waals surface area contributed by atoms with Crippen molar-refractivity contribution in [2.45, 2.75) is 26.4 Å². The van der Waals surface area contributed by atoms with Crippen LogP contribution in [-0.4, -0.2) is 58.7 Å². The number of hydrogen-bond acceptors (Lipinski definition) is 6. The summed E-state index contributed by atoms with van der Waals surface area (Å²) in [5.41, 5.74) is 0. The summed E-state index contributed by atoms with van der Waals surface area (Å²) in [7, 11) is 0. The highest BCUT2D eigenvalue weighted by atomic mass is 16.5. The highest BCUT2D eigenvalue weighted by molar-refractivity contribution is 5.79. The third-order valence-corrected chi connectivity index (χ3v) is 3.40. The number of rotatable bonds is 11. The van der Waals surface area contributed by atoms with Crippen molar-refractivity contribution in [3.63, 3.8) is 0 Å². The first-order valence-electron chi connectivity index (χ1n) is 8.43. The molecule has 2 heterocycles. The third kappa shape index (κ3) is 6.94. The summed E-state index contributed by atoms with van der Waals surface area (Å²) in [4.78, 5) is 4.50. The van der Waals surface area contributed by atoms with Crippen LogP contribution >= 0.6 is 0 Å². The first-order chi connectivity index (χ1) is 12.3. The van der Waals surface area contributed by atoms with Gasteiger partial charge in [0.05, 0.1) is 26.1 Å². The summed E-state index contributed by atoms with van der Waals surface area (Å²) >= 11 is 0. The first-order valence-corrected chi connectivity index (χ1v) is 8.43. The molecule has 0 aliphatic heterocycles. The second kappa shape index (κ2) is 11.2. The molecule has 25 heavy (non-hydrogen) atoms. The molecule has 0 aliphatic rings. The molecule has 0 atom stereocenters. The highest BCUT2D eigenvalue weighted by Crippen LogP contribution is 2.01. The van der Waals surface area contributed by atoms with Gasteiger partial charge in [-0.3, -0.25) is 0 Å². The fourth-order valence-corrected chi connectivity index (χ4v) is 2.18. The van der Waals surface area contributed by atoms with Crippen LogP contribution in [-0.2, 0) is 24.2 Å². The van der Waals surface area contributed by atoms with Gasteiger partial charge in [0, 0.05) is 26.1 Å². The van der Waals surface area contributed by atoms with Crippen LogP contribution in [0.2, 0.25) is 0 Å². The number of aliphatic hydroxyl groups excluding tert-OH is 1. The zero-order valence-corrected chi connectivity index (χ0v) is 14.5. The summed E-state index contributed by atoms with van der Waals surface area (Å²) in [6.07, 6.45) is 4.21. The van der Waals surface area contributed by atoms with Crippen LogP contribution in [0.15, 0.2) is 34.1 Å². The minimum Gasteiger partial charge on any atom is -0.467 e. The van der Waals surface area contributed by atoms with E-state index in [4.69, 9.17) is 14.3 Å². The first kappa shape index (κ1) is 18.9. The monoisotopic (exact) mass is 350 g/mol. The molecule has 2 aromatic heterocycles. The van der Waals surface area contributed by atoms with E-state index in [2.05, 4.69) is 32.7 Å². The standard InChI is InChI=1S/C16H26N6O3/c1-2-15-21-20-13-22(15)7-5-17-16(18-6-10-24-11-8-23)19-12-14-4-3-9-25-14/h3-4,9,13,23H,2,5-8,10-12H2,1H3,(H2,17,18,19). The fraction of sp³-hybridized carbons (Fsp3) is 0.562. The summed E-state index contributed by atoms with van der Waals surface area (Å²) in [6.45, 7) is 5.39. The smallest absolute Gasteiger partial charge is 0.191 e. The Morgan fingerprint density at radius 2 is 2.24 bits per heavy atom. The van der Waals surface area contributed by atoms with Crippen molar-refractivity contribution >= 4 is 5.96 Å². The zero-order chi connectivity index (χ0) is 17.7. The number of aliphatic imine (C=N–C) groups is 1. The maximum atomic E-state index is 8.71. The molecule has 0 radical (unpaired) electrons. The molecule has 138 valence electrons. The molecule has 0 aliphatic carbocycles. The van der Waals surface area contributed by atoms with Gasteiger partial charge < -0.3 is 29.5 Å². The summed E-state index contributed by atoms with van der Waals surface area (Å²) in [6, 6.07) is 3.72. The molecule has 0 aromatic carbocycles. The Labute approximate surface area is 147 Å². The Morgan fingerprint density at radius 1 is 1.36 bits per heavy atom. The Hall–Kier alpha value is -2.39. The van der Waals surface area contributed by atoms with E-state index in [1.807, 2.05) is 16.7 Å². The van der Waals surface area contributed by atoms with Crippen molar-refractivity contribution in [1.29, 1.82) is 0 Å². The van der Waals surface area contributed by atoms with Gasteiger partial charge in [-0.15, -0.1) is 10.2 Å². The van der Waals surface area contributed by atoms with Gasteiger partial charge in [0.2, 0.25) is 0 Å². The van der Waals surface area contributed by atoms with Gasteiger partial charge >= 0.3 is 0 Å². The minimum atomic E-state index is 0.0242. The van der Waals surface area contributed by atoms with E-state index < -0.39 is 0 Å². The number of furan rings is 1. The normalized spacial score (nSPS) is 11.7. The average Bonchev–Trinajstić information content (AvgIpc) is 3.30. The topological polar surface area (TPSA) is 110 Å². The van der Waals surface area contributed by atoms with Gasteiger partial charge in [0.15, 0.2) is 5.96 Å². The maximum Gasteiger partial charge on any atom is 0.191 e. The molecule has 0 saturated carbocycles. The predicted octanol–water partition coefficient (Wildman–Crippen LogP) is 0.178.